The van der Waals surface area contributed by atoms with Crippen molar-refractivity contribution >= 4 is 35.5 Å². The number of nitrogen functional groups attached to an aromatic ring is 1. The second-order valence-corrected chi connectivity index (χ2v) is 9.49. The fraction of sp³-hybridized carbons (Fsp3) is 0.667. The largest absolute Gasteiger partial charge is 0.780 e. The minimum Gasteiger partial charge on any atom is -0.780 e. The van der Waals surface area contributed by atoms with Crippen molar-refractivity contribution in [1.82, 2.24) is 19.5 Å². The number of rotatable bonds is 7. The topological polar surface area (TPSA) is 170 Å². The Bertz CT molecular complexity index is 916. The maximum absolute atomic E-state index is 12.6. The third-order valence-electron chi connectivity index (χ3n) is 4.89. The van der Waals surface area contributed by atoms with E-state index in [4.69, 9.17) is 36.1 Å². The zero-order chi connectivity index (χ0) is 20.6. The van der Waals surface area contributed by atoms with Gasteiger partial charge in [0.05, 0.1) is 31.7 Å². The molecule has 2 saturated heterocycles. The number of hydrogen-bond donors (Lipinski definition) is 3. The fourth-order valence-electron chi connectivity index (χ4n) is 3.38. The smallest absolute Gasteiger partial charge is 0.167 e. The molecule has 4 rings (SSSR count). The lowest BCUT2D eigenvalue weighted by molar-refractivity contribution is -0.215. The minimum atomic E-state index is -3.90. The van der Waals surface area contributed by atoms with Crippen molar-refractivity contribution < 1.29 is 33.6 Å². The van der Waals surface area contributed by atoms with Gasteiger partial charge in [-0.3, -0.25) is 4.57 Å². The maximum Gasteiger partial charge on any atom is 0.167 e. The predicted molar refractivity (Wildman–Crippen MR) is 101 cm³/mol. The number of ether oxygens (including phenoxy) is 2. The Balaban J connectivity index is 1.43. The number of aromatic nitrogens is 4. The number of nitrogens with two attached hydrogens (primary N) is 1. The van der Waals surface area contributed by atoms with Crippen LogP contribution in [0.3, 0.4) is 0 Å². The summed E-state index contributed by atoms with van der Waals surface area (Å²) in [4.78, 5) is 24.8. The van der Waals surface area contributed by atoms with Crippen LogP contribution in [0.5, 0.6) is 0 Å². The number of fused-ring (bicyclic) bond motifs is 1. The van der Waals surface area contributed by atoms with Gasteiger partial charge >= 0.3 is 0 Å². The summed E-state index contributed by atoms with van der Waals surface area (Å²) in [5.74, 6) is 0.234. The van der Waals surface area contributed by atoms with Crippen molar-refractivity contribution in [1.29, 1.82) is 0 Å². The number of aliphatic hydroxyl groups excluding tert-OH is 2. The molecular weight excluding hydrogens is 425 g/mol. The normalized spacial score (nSPS) is 32.0. The number of hydrogen-bond acceptors (Lipinski definition) is 12. The molecule has 2 aromatic rings. The molecule has 0 aromatic carbocycles. The molecule has 0 bridgehead atoms. The number of aliphatic hydroxyl groups is 2. The Hall–Kier alpha value is -1.28. The lowest BCUT2D eigenvalue weighted by atomic mass is 10.2. The quantitative estimate of drug-likeness (QED) is 0.436. The van der Waals surface area contributed by atoms with Crippen LogP contribution in [0.4, 0.5) is 5.82 Å². The molecule has 0 radical (unpaired) electrons. The SMILES string of the molecule is Nc1ncnc2c1ncn2[C@H]1C[C@@H](OP([O-])(=S)OC[C@H]2OCC[C@H]2O)[C@@H](CO)O1. The second kappa shape index (κ2) is 8.46. The van der Waals surface area contributed by atoms with E-state index in [-0.39, 0.29) is 25.5 Å². The molecule has 2 fully saturated rings. The molecule has 29 heavy (non-hydrogen) atoms. The second-order valence-electron chi connectivity index (χ2n) is 6.78. The fourth-order valence-corrected chi connectivity index (χ4v) is 4.84. The van der Waals surface area contributed by atoms with Crippen molar-refractivity contribution in [2.24, 2.45) is 0 Å². The number of imidazole rings is 1. The van der Waals surface area contributed by atoms with E-state index in [1.165, 1.54) is 12.7 Å². The summed E-state index contributed by atoms with van der Waals surface area (Å²) in [6, 6.07) is 0. The Morgan fingerprint density at radius 3 is 2.93 bits per heavy atom. The van der Waals surface area contributed by atoms with Gasteiger partial charge in [-0.15, -0.1) is 0 Å². The Morgan fingerprint density at radius 1 is 1.38 bits per heavy atom. The van der Waals surface area contributed by atoms with E-state index in [1.54, 1.807) is 4.57 Å². The van der Waals surface area contributed by atoms with E-state index in [1.807, 2.05) is 0 Å². The van der Waals surface area contributed by atoms with Crippen molar-refractivity contribution in [2.45, 2.75) is 43.5 Å². The monoisotopic (exact) mass is 446 g/mol. The average molecular weight is 446 g/mol. The molecule has 1 unspecified atom stereocenters. The van der Waals surface area contributed by atoms with Gasteiger partial charge in [-0.2, -0.15) is 0 Å². The molecule has 160 valence electrons. The molecule has 2 aliphatic heterocycles. The Kier molecular flexibility index (Phi) is 6.11. The summed E-state index contributed by atoms with van der Waals surface area (Å²) in [5, 5.41) is 19.4. The highest BCUT2D eigenvalue weighted by atomic mass is 32.5. The van der Waals surface area contributed by atoms with E-state index in [0.29, 0.717) is 24.2 Å². The molecule has 2 aliphatic rings. The van der Waals surface area contributed by atoms with E-state index in [0.717, 1.165) is 0 Å². The van der Waals surface area contributed by atoms with Gasteiger partial charge in [-0.25, -0.2) is 15.0 Å². The first-order valence-electron chi connectivity index (χ1n) is 9.01. The zero-order valence-electron chi connectivity index (χ0n) is 15.2. The molecule has 0 saturated carbocycles. The van der Waals surface area contributed by atoms with Crippen LogP contribution in [-0.4, -0.2) is 74.0 Å². The van der Waals surface area contributed by atoms with Crippen molar-refractivity contribution in [3.63, 3.8) is 0 Å². The first kappa shape index (κ1) is 21.0. The standard InChI is InChI=1S/C15H22N5O7PS/c16-14-13-15(18-6-17-14)20(7-19-13)12-3-9(10(4-21)26-12)27-28(23,29)25-5-11-8(22)1-2-24-11/h6-12,21-22H,1-5H2,(H,23,29)(H2,16,17,18)/p-1/t8-,9-,10-,11-,12-,28?/m1/s1. The molecular formula is C15H21N5O7PS-. The highest BCUT2D eigenvalue weighted by Gasteiger charge is 2.39. The number of anilines is 1. The first-order valence-corrected chi connectivity index (χ1v) is 11.6. The molecule has 12 nitrogen and oxygen atoms in total. The highest BCUT2D eigenvalue weighted by molar-refractivity contribution is 8.06. The molecule has 0 aliphatic carbocycles. The summed E-state index contributed by atoms with van der Waals surface area (Å²) in [6.07, 6.45) is 0.0847. The lowest BCUT2D eigenvalue weighted by Gasteiger charge is -2.32. The van der Waals surface area contributed by atoms with Gasteiger partial charge in [-0.05, 0) is 6.42 Å². The van der Waals surface area contributed by atoms with Gasteiger partial charge < -0.3 is 39.4 Å². The molecule has 0 amide bonds. The first-order chi connectivity index (χ1) is 13.9. The van der Waals surface area contributed by atoms with Crippen LogP contribution in [-0.2, 0) is 30.3 Å². The van der Waals surface area contributed by atoms with Gasteiger partial charge in [0, 0.05) is 13.0 Å². The van der Waals surface area contributed by atoms with Crippen LogP contribution < -0.4 is 10.6 Å². The molecule has 4 heterocycles. The summed E-state index contributed by atoms with van der Waals surface area (Å²) < 4.78 is 23.5. The third-order valence-corrected chi connectivity index (χ3v) is 6.46. The minimum absolute atomic E-state index is 0.148. The molecule has 14 heteroatoms. The van der Waals surface area contributed by atoms with E-state index in [2.05, 4.69) is 15.0 Å². The maximum atomic E-state index is 12.6. The Labute approximate surface area is 170 Å². The average Bonchev–Trinajstić information content (AvgIpc) is 3.38. The molecule has 0 spiro atoms. The molecule has 2 aromatic heterocycles. The van der Waals surface area contributed by atoms with Crippen LogP contribution in [0, 0.1) is 0 Å². The van der Waals surface area contributed by atoms with E-state index in [9.17, 15) is 15.1 Å². The van der Waals surface area contributed by atoms with Crippen molar-refractivity contribution in [3.05, 3.63) is 12.7 Å². The van der Waals surface area contributed by atoms with Gasteiger partial charge in [0.2, 0.25) is 0 Å². The van der Waals surface area contributed by atoms with E-state index < -0.39 is 37.4 Å². The summed E-state index contributed by atoms with van der Waals surface area (Å²) in [5.41, 5.74) is 6.69. The van der Waals surface area contributed by atoms with E-state index >= 15 is 0 Å². The van der Waals surface area contributed by atoms with Gasteiger partial charge in [0.15, 0.2) is 11.5 Å². The van der Waals surface area contributed by atoms with Gasteiger partial charge in [0.25, 0.3) is 0 Å². The zero-order valence-corrected chi connectivity index (χ0v) is 16.9. The Morgan fingerprint density at radius 2 is 2.21 bits per heavy atom. The molecule has 6 atom stereocenters. The van der Waals surface area contributed by atoms with Crippen LogP contribution in [0.15, 0.2) is 12.7 Å². The highest BCUT2D eigenvalue weighted by Crippen LogP contribution is 2.46. The number of nitrogens with zero attached hydrogens (tertiary/aromatic N) is 4. The van der Waals surface area contributed by atoms with Crippen molar-refractivity contribution in [3.8, 4) is 0 Å². The summed E-state index contributed by atoms with van der Waals surface area (Å²) in [7, 11) is 0. The lowest BCUT2D eigenvalue weighted by Crippen LogP contribution is -2.31. The summed E-state index contributed by atoms with van der Waals surface area (Å²) >= 11 is 4.97. The predicted octanol–water partition coefficient (Wildman–Crippen LogP) is -1.18. The van der Waals surface area contributed by atoms with Crippen molar-refractivity contribution in [2.75, 3.05) is 25.6 Å². The summed E-state index contributed by atoms with van der Waals surface area (Å²) in [6.45, 7) is -4.02. The third kappa shape index (κ3) is 4.43. The van der Waals surface area contributed by atoms with Gasteiger partial charge in [0.1, 0.15) is 37.0 Å². The van der Waals surface area contributed by atoms with Crippen LogP contribution in [0.1, 0.15) is 19.1 Å². The van der Waals surface area contributed by atoms with Crippen LogP contribution in [0.25, 0.3) is 11.2 Å². The molecule has 4 N–H and O–H groups in total. The van der Waals surface area contributed by atoms with Gasteiger partial charge in [-0.1, -0.05) is 11.8 Å². The van der Waals surface area contributed by atoms with Crippen LogP contribution >= 0.6 is 6.72 Å². The van der Waals surface area contributed by atoms with Crippen LogP contribution in [0.2, 0.25) is 0 Å².